The highest BCUT2D eigenvalue weighted by Crippen LogP contribution is 2.28. The molecule has 0 radical (unpaired) electrons. The van der Waals surface area contributed by atoms with Gasteiger partial charge >= 0.3 is 0 Å². The number of thioether (sulfide) groups is 1. The number of aromatic nitrogens is 5. The number of thiazole rings is 1. The maximum atomic E-state index is 13.5. The van der Waals surface area contributed by atoms with Gasteiger partial charge < -0.3 is 4.74 Å². The normalized spacial score (nSPS) is 11.9. The standard InChI is InChI=1S/C34H33N5O2S2/c1-3-5-9-20-41-28-16-12-25(13-17-28)32-35-34-39(37-32)33(40)30(43-34)22-26-23-38(27-10-7-6-8-11-27)36-31(26)24-14-18-29(19-15-24)42-21-4-2/h6-8,10-19,22-23H,3-5,9,20-21H2,1-2H3/b30-22-. The van der Waals surface area contributed by atoms with Crippen molar-refractivity contribution in [2.24, 2.45) is 0 Å². The fourth-order valence-electron chi connectivity index (χ4n) is 4.70. The molecule has 0 atom stereocenters. The number of fused-ring (bicyclic) bond motifs is 1. The molecule has 0 aliphatic rings. The van der Waals surface area contributed by atoms with Gasteiger partial charge in [0.25, 0.3) is 5.56 Å². The lowest BCUT2D eigenvalue weighted by Crippen LogP contribution is -2.23. The molecule has 0 bridgehead atoms. The van der Waals surface area contributed by atoms with E-state index in [9.17, 15) is 4.79 Å². The Morgan fingerprint density at radius 1 is 0.884 bits per heavy atom. The largest absolute Gasteiger partial charge is 0.494 e. The fourth-order valence-corrected chi connectivity index (χ4v) is 6.37. The molecule has 0 unspecified atom stereocenters. The van der Waals surface area contributed by atoms with Crippen LogP contribution in [0.15, 0.2) is 94.7 Å². The summed E-state index contributed by atoms with van der Waals surface area (Å²) in [5.41, 5.74) is 4.26. The van der Waals surface area contributed by atoms with Crippen molar-refractivity contribution in [2.75, 3.05) is 12.4 Å². The van der Waals surface area contributed by atoms with Gasteiger partial charge in [0.1, 0.15) is 5.75 Å². The maximum absolute atomic E-state index is 13.5. The van der Waals surface area contributed by atoms with Crippen LogP contribution >= 0.6 is 23.1 Å². The molecule has 9 heteroatoms. The number of para-hydroxylation sites is 1. The predicted octanol–water partition coefficient (Wildman–Crippen LogP) is 7.29. The lowest BCUT2D eigenvalue weighted by atomic mass is 10.1. The number of benzene rings is 3. The molecule has 43 heavy (non-hydrogen) atoms. The number of ether oxygens (including phenoxy) is 1. The highest BCUT2D eigenvalue weighted by Gasteiger charge is 2.15. The zero-order chi connectivity index (χ0) is 29.6. The van der Waals surface area contributed by atoms with Crippen LogP contribution in [0.3, 0.4) is 0 Å². The molecule has 0 saturated carbocycles. The Kier molecular flexibility index (Phi) is 9.00. The molecule has 3 aromatic carbocycles. The second-order valence-electron chi connectivity index (χ2n) is 10.2. The van der Waals surface area contributed by atoms with Crippen molar-refractivity contribution >= 4 is 34.1 Å². The zero-order valence-corrected chi connectivity index (χ0v) is 25.9. The Balaban J connectivity index is 1.32. The van der Waals surface area contributed by atoms with Crippen LogP contribution in [0.25, 0.3) is 39.4 Å². The van der Waals surface area contributed by atoms with Crippen LogP contribution in [0.4, 0.5) is 0 Å². The Morgan fingerprint density at radius 3 is 2.37 bits per heavy atom. The van der Waals surface area contributed by atoms with Gasteiger partial charge in [-0.25, -0.2) is 4.68 Å². The summed E-state index contributed by atoms with van der Waals surface area (Å²) in [6.45, 7) is 5.07. The zero-order valence-electron chi connectivity index (χ0n) is 24.3. The van der Waals surface area contributed by atoms with E-state index in [4.69, 9.17) is 9.84 Å². The summed E-state index contributed by atoms with van der Waals surface area (Å²) in [5.74, 6) is 2.43. The first-order valence-corrected chi connectivity index (χ1v) is 16.5. The van der Waals surface area contributed by atoms with Crippen molar-refractivity contribution in [1.29, 1.82) is 0 Å². The minimum atomic E-state index is -0.195. The van der Waals surface area contributed by atoms with Crippen LogP contribution in [0, 0.1) is 0 Å². The first-order chi connectivity index (χ1) is 21.1. The molecule has 0 spiro atoms. The van der Waals surface area contributed by atoms with Crippen LogP contribution < -0.4 is 14.8 Å². The number of hydrogen-bond donors (Lipinski definition) is 0. The SMILES string of the molecule is CCCCCOc1ccc(-c2nc3s/c(=C\c4cn(-c5ccccc5)nc4-c4ccc(SCCC)cc4)c(=O)n3n2)cc1. The van der Waals surface area contributed by atoms with Gasteiger partial charge in [0.2, 0.25) is 4.96 Å². The smallest absolute Gasteiger partial charge is 0.291 e. The van der Waals surface area contributed by atoms with Crippen LogP contribution in [0.1, 0.15) is 45.1 Å². The molecule has 0 amide bonds. The van der Waals surface area contributed by atoms with E-state index in [1.165, 1.54) is 20.7 Å². The fraction of sp³-hybridized carbons (Fsp3) is 0.235. The second-order valence-corrected chi connectivity index (χ2v) is 12.4. The highest BCUT2D eigenvalue weighted by atomic mass is 32.2. The Morgan fingerprint density at radius 2 is 1.65 bits per heavy atom. The first-order valence-electron chi connectivity index (χ1n) is 14.7. The van der Waals surface area contributed by atoms with E-state index in [1.54, 1.807) is 0 Å². The van der Waals surface area contributed by atoms with E-state index in [-0.39, 0.29) is 5.56 Å². The molecule has 0 fully saturated rings. The molecule has 7 nitrogen and oxygen atoms in total. The van der Waals surface area contributed by atoms with Gasteiger partial charge in [-0.05, 0) is 73.2 Å². The second kappa shape index (κ2) is 13.4. The highest BCUT2D eigenvalue weighted by molar-refractivity contribution is 7.99. The van der Waals surface area contributed by atoms with Gasteiger partial charge in [-0.3, -0.25) is 4.79 Å². The van der Waals surface area contributed by atoms with E-state index in [0.717, 1.165) is 65.3 Å². The summed E-state index contributed by atoms with van der Waals surface area (Å²) in [4.78, 5) is 19.9. The number of hydrogen-bond acceptors (Lipinski definition) is 7. The topological polar surface area (TPSA) is 74.3 Å². The van der Waals surface area contributed by atoms with Crippen molar-refractivity contribution in [1.82, 2.24) is 24.4 Å². The maximum Gasteiger partial charge on any atom is 0.291 e. The minimum Gasteiger partial charge on any atom is -0.494 e. The third-order valence-electron chi connectivity index (χ3n) is 6.96. The van der Waals surface area contributed by atoms with E-state index in [0.29, 0.717) is 21.9 Å². The van der Waals surface area contributed by atoms with E-state index in [1.807, 2.05) is 83.3 Å². The van der Waals surface area contributed by atoms with E-state index < -0.39 is 0 Å². The molecular weight excluding hydrogens is 575 g/mol. The third kappa shape index (κ3) is 6.58. The molecule has 6 rings (SSSR count). The average Bonchev–Trinajstić information content (AvgIpc) is 3.74. The lowest BCUT2D eigenvalue weighted by Gasteiger charge is -2.05. The quantitative estimate of drug-likeness (QED) is 0.107. The van der Waals surface area contributed by atoms with Crippen LogP contribution in [0.2, 0.25) is 0 Å². The summed E-state index contributed by atoms with van der Waals surface area (Å²) < 4.78 is 9.63. The van der Waals surface area contributed by atoms with Gasteiger partial charge in [0.15, 0.2) is 5.82 Å². The van der Waals surface area contributed by atoms with Crippen molar-refractivity contribution in [3.63, 3.8) is 0 Å². The van der Waals surface area contributed by atoms with Gasteiger partial charge in [0.05, 0.1) is 22.5 Å². The molecule has 0 aliphatic carbocycles. The molecule has 3 heterocycles. The van der Waals surface area contributed by atoms with Crippen molar-refractivity contribution in [3.8, 4) is 34.1 Å². The molecule has 218 valence electrons. The number of nitrogens with zero attached hydrogens (tertiary/aromatic N) is 5. The Hall–Kier alpha value is -4.21. The summed E-state index contributed by atoms with van der Waals surface area (Å²) in [6, 6.07) is 26.2. The molecular formula is C34H33N5O2S2. The monoisotopic (exact) mass is 607 g/mol. The summed E-state index contributed by atoms with van der Waals surface area (Å²) in [6.07, 6.45) is 8.36. The number of unbranched alkanes of at least 4 members (excludes halogenated alkanes) is 2. The summed E-state index contributed by atoms with van der Waals surface area (Å²) in [7, 11) is 0. The summed E-state index contributed by atoms with van der Waals surface area (Å²) >= 11 is 3.18. The number of rotatable bonds is 12. The average molecular weight is 608 g/mol. The van der Waals surface area contributed by atoms with Gasteiger partial charge in [0, 0.05) is 27.8 Å². The third-order valence-corrected chi connectivity index (χ3v) is 9.14. The van der Waals surface area contributed by atoms with Crippen LogP contribution in [-0.2, 0) is 0 Å². The predicted molar refractivity (Wildman–Crippen MR) is 176 cm³/mol. The lowest BCUT2D eigenvalue weighted by molar-refractivity contribution is 0.306. The molecule has 0 aliphatic heterocycles. The molecule has 0 saturated heterocycles. The molecule has 6 aromatic rings. The Bertz CT molecular complexity index is 1910. The Labute approximate surface area is 258 Å². The first kappa shape index (κ1) is 28.9. The van der Waals surface area contributed by atoms with Crippen molar-refractivity contribution < 1.29 is 4.74 Å². The van der Waals surface area contributed by atoms with Gasteiger partial charge in [-0.15, -0.1) is 16.9 Å². The van der Waals surface area contributed by atoms with Gasteiger partial charge in [-0.2, -0.15) is 14.6 Å². The van der Waals surface area contributed by atoms with Crippen LogP contribution in [0.5, 0.6) is 5.75 Å². The van der Waals surface area contributed by atoms with E-state index >= 15 is 0 Å². The van der Waals surface area contributed by atoms with Crippen LogP contribution in [-0.4, -0.2) is 36.7 Å². The summed E-state index contributed by atoms with van der Waals surface area (Å²) in [5, 5.41) is 9.48. The van der Waals surface area contributed by atoms with Crippen molar-refractivity contribution in [2.45, 2.75) is 44.4 Å². The minimum absolute atomic E-state index is 0.195. The van der Waals surface area contributed by atoms with Gasteiger partial charge in [-0.1, -0.05) is 68.4 Å². The van der Waals surface area contributed by atoms with E-state index in [2.05, 4.69) is 48.2 Å². The van der Waals surface area contributed by atoms with Crippen molar-refractivity contribution in [3.05, 3.63) is 106 Å². The molecule has 0 N–H and O–H groups in total. The molecule has 3 aromatic heterocycles.